The average Bonchev–Trinajstić information content (AvgIpc) is 3.56. The van der Waals surface area contributed by atoms with Gasteiger partial charge < -0.3 is 41.1 Å². The van der Waals surface area contributed by atoms with E-state index in [-0.39, 0.29) is 31.0 Å². The number of aliphatic hydroxyl groups is 1. The molecule has 5 amide bonds. The van der Waals surface area contributed by atoms with Crippen LogP contribution in [0.2, 0.25) is 0 Å². The van der Waals surface area contributed by atoms with Gasteiger partial charge in [0.25, 0.3) is 0 Å². The second kappa shape index (κ2) is 13.7. The van der Waals surface area contributed by atoms with Gasteiger partial charge in [0.2, 0.25) is 29.5 Å². The van der Waals surface area contributed by atoms with Crippen molar-refractivity contribution in [3.05, 3.63) is 29.8 Å². The molecule has 0 saturated carbocycles. The van der Waals surface area contributed by atoms with Crippen molar-refractivity contribution in [2.24, 2.45) is 0 Å². The van der Waals surface area contributed by atoms with Crippen LogP contribution in [0.5, 0.6) is 5.75 Å². The lowest BCUT2D eigenvalue weighted by molar-refractivity contribution is -0.148. The Labute approximate surface area is 230 Å². The van der Waals surface area contributed by atoms with Crippen LogP contribution in [0.15, 0.2) is 24.3 Å². The number of carbonyl (C=O) groups excluding carboxylic acids is 5. The molecule has 2 saturated heterocycles. The Balaban J connectivity index is 1.54. The van der Waals surface area contributed by atoms with Crippen molar-refractivity contribution in [3.63, 3.8) is 0 Å². The lowest BCUT2D eigenvalue weighted by Gasteiger charge is -2.31. The van der Waals surface area contributed by atoms with E-state index in [1.165, 1.54) is 28.9 Å². The fourth-order valence-corrected chi connectivity index (χ4v) is 4.86. The van der Waals surface area contributed by atoms with Gasteiger partial charge in [0.1, 0.15) is 30.4 Å². The third-order valence-corrected chi connectivity index (χ3v) is 6.95. The van der Waals surface area contributed by atoms with Gasteiger partial charge in [0.05, 0.1) is 12.6 Å². The van der Waals surface area contributed by atoms with E-state index in [4.69, 9.17) is 5.11 Å². The molecule has 1 aromatic carbocycles. The molecular formula is C26H35N5O9. The highest BCUT2D eigenvalue weighted by Gasteiger charge is 2.45. The maximum absolute atomic E-state index is 13.5. The van der Waals surface area contributed by atoms with Gasteiger partial charge in [-0.05, 0) is 50.3 Å². The minimum absolute atomic E-state index is 0.108. The number of aliphatic carboxylic acids is 1. The summed E-state index contributed by atoms with van der Waals surface area (Å²) in [7, 11) is 0. The van der Waals surface area contributed by atoms with Crippen LogP contribution in [0.3, 0.4) is 0 Å². The number of rotatable bonds is 11. The topological polar surface area (TPSA) is 206 Å². The Kier molecular flexibility index (Phi) is 10.4. The van der Waals surface area contributed by atoms with Crippen molar-refractivity contribution >= 4 is 35.5 Å². The van der Waals surface area contributed by atoms with Gasteiger partial charge in [-0.25, -0.2) is 0 Å². The molecule has 3 rings (SSSR count). The van der Waals surface area contributed by atoms with Gasteiger partial charge in [0, 0.05) is 19.5 Å². The monoisotopic (exact) mass is 561 g/mol. The summed E-state index contributed by atoms with van der Waals surface area (Å²) >= 11 is 0. The summed E-state index contributed by atoms with van der Waals surface area (Å²) in [6.45, 7) is 0.707. The fourth-order valence-electron chi connectivity index (χ4n) is 4.86. The predicted molar refractivity (Wildman–Crippen MR) is 139 cm³/mol. The third kappa shape index (κ3) is 7.91. The first-order valence-electron chi connectivity index (χ1n) is 13.1. The number of aromatic hydroxyl groups is 1. The van der Waals surface area contributed by atoms with E-state index in [0.717, 1.165) is 5.56 Å². The SMILES string of the molecule is C[C@H](NC(=O)CNC(=O)[C@@H]1C(O)CCN1C(=O)[C@@H]1CCCN1C(=O)CCc1ccc(O)cc1)C(=O)NCC(=O)O. The highest BCUT2D eigenvalue weighted by atomic mass is 16.4. The number of hydrogen-bond acceptors (Lipinski definition) is 8. The van der Waals surface area contributed by atoms with Crippen molar-refractivity contribution in [1.29, 1.82) is 0 Å². The molecule has 2 aliphatic heterocycles. The number of aryl methyl sites for hydroxylation is 1. The first kappa shape index (κ1) is 30.3. The summed E-state index contributed by atoms with van der Waals surface area (Å²) in [5.41, 5.74) is 0.868. The van der Waals surface area contributed by atoms with Crippen LogP contribution in [0.4, 0.5) is 0 Å². The smallest absolute Gasteiger partial charge is 0.322 e. The van der Waals surface area contributed by atoms with Crippen molar-refractivity contribution in [2.75, 3.05) is 26.2 Å². The average molecular weight is 562 g/mol. The Hall–Kier alpha value is -4.20. The number of likely N-dealkylation sites (tertiary alicyclic amines) is 2. The summed E-state index contributed by atoms with van der Waals surface area (Å²) in [5, 5.41) is 35.3. The number of hydrogen-bond donors (Lipinski definition) is 6. The number of carbonyl (C=O) groups is 6. The molecule has 0 aliphatic carbocycles. The Morgan fingerprint density at radius 3 is 2.35 bits per heavy atom. The van der Waals surface area contributed by atoms with E-state index in [1.54, 1.807) is 12.1 Å². The zero-order valence-corrected chi connectivity index (χ0v) is 22.2. The first-order chi connectivity index (χ1) is 19.0. The number of phenolic OH excluding ortho intramolecular Hbond substituents is 1. The number of benzene rings is 1. The van der Waals surface area contributed by atoms with Crippen molar-refractivity contribution in [2.45, 2.75) is 63.3 Å². The van der Waals surface area contributed by atoms with Gasteiger partial charge in [-0.2, -0.15) is 0 Å². The zero-order chi connectivity index (χ0) is 29.4. The summed E-state index contributed by atoms with van der Waals surface area (Å²) in [6, 6.07) is 3.45. The van der Waals surface area contributed by atoms with E-state index in [9.17, 15) is 39.0 Å². The molecule has 218 valence electrons. The molecular weight excluding hydrogens is 526 g/mol. The van der Waals surface area contributed by atoms with Crippen LogP contribution < -0.4 is 16.0 Å². The minimum Gasteiger partial charge on any atom is -0.508 e. The van der Waals surface area contributed by atoms with Crippen molar-refractivity contribution in [3.8, 4) is 5.75 Å². The number of amides is 5. The summed E-state index contributed by atoms with van der Waals surface area (Å²) in [6.07, 6.45) is 0.641. The number of aliphatic hydroxyl groups excluding tert-OH is 1. The minimum atomic E-state index is -1.24. The quantitative estimate of drug-likeness (QED) is 0.178. The van der Waals surface area contributed by atoms with Crippen LogP contribution in [0, 0.1) is 0 Å². The maximum atomic E-state index is 13.5. The van der Waals surface area contributed by atoms with Gasteiger partial charge in [-0.15, -0.1) is 0 Å². The Bertz CT molecular complexity index is 1130. The molecule has 2 fully saturated rings. The van der Waals surface area contributed by atoms with Gasteiger partial charge >= 0.3 is 5.97 Å². The van der Waals surface area contributed by atoms with Gasteiger partial charge in [-0.3, -0.25) is 28.8 Å². The molecule has 4 atom stereocenters. The molecule has 14 nitrogen and oxygen atoms in total. The summed E-state index contributed by atoms with van der Waals surface area (Å²) in [5.74, 6) is -3.96. The molecule has 0 radical (unpaired) electrons. The predicted octanol–water partition coefficient (Wildman–Crippen LogP) is -1.90. The van der Waals surface area contributed by atoms with Crippen LogP contribution in [0.25, 0.3) is 0 Å². The molecule has 1 unspecified atom stereocenters. The third-order valence-electron chi connectivity index (χ3n) is 6.95. The van der Waals surface area contributed by atoms with E-state index in [2.05, 4.69) is 16.0 Å². The summed E-state index contributed by atoms with van der Waals surface area (Å²) < 4.78 is 0. The Morgan fingerprint density at radius 2 is 1.68 bits per heavy atom. The second-order valence-corrected chi connectivity index (χ2v) is 9.86. The molecule has 6 N–H and O–H groups in total. The number of nitrogens with one attached hydrogen (secondary N) is 3. The van der Waals surface area contributed by atoms with Crippen LogP contribution >= 0.6 is 0 Å². The number of carboxylic acid groups (broad SMARTS) is 1. The van der Waals surface area contributed by atoms with Crippen LogP contribution in [-0.4, -0.2) is 111 Å². The summed E-state index contributed by atoms with van der Waals surface area (Å²) in [4.78, 5) is 76.6. The lowest BCUT2D eigenvalue weighted by Crippen LogP contribution is -2.56. The largest absolute Gasteiger partial charge is 0.508 e. The molecule has 1 aromatic rings. The standard InChI is InChI=1S/C26H35N5O9/c1-15(24(38)28-14-22(36)37)29-20(34)13-27-25(39)23-19(33)10-12-31(23)26(40)18-3-2-11-30(18)21(35)9-6-16-4-7-17(32)8-5-16/h4-5,7-8,15,18-19,23,32-33H,2-3,6,9-14H2,1H3,(H,27,39)(H,28,38)(H,29,34)(H,36,37)/t15-,18-,19?,23-/m0/s1. The zero-order valence-electron chi connectivity index (χ0n) is 22.2. The number of carboxylic acids is 1. The Morgan fingerprint density at radius 1 is 0.975 bits per heavy atom. The number of nitrogens with zero attached hydrogens (tertiary/aromatic N) is 2. The number of phenols is 1. The first-order valence-corrected chi connectivity index (χ1v) is 13.1. The van der Waals surface area contributed by atoms with E-state index in [1.807, 2.05) is 0 Å². The molecule has 0 aromatic heterocycles. The van der Waals surface area contributed by atoms with E-state index < -0.39 is 66.9 Å². The van der Waals surface area contributed by atoms with Crippen molar-refractivity contribution < 1.29 is 44.1 Å². The molecule has 14 heteroatoms. The van der Waals surface area contributed by atoms with Gasteiger partial charge in [0.15, 0.2) is 0 Å². The molecule has 0 bridgehead atoms. The lowest BCUT2D eigenvalue weighted by atomic mass is 10.1. The van der Waals surface area contributed by atoms with E-state index >= 15 is 0 Å². The molecule has 2 aliphatic rings. The van der Waals surface area contributed by atoms with Crippen molar-refractivity contribution in [1.82, 2.24) is 25.8 Å². The highest BCUT2D eigenvalue weighted by Crippen LogP contribution is 2.26. The van der Waals surface area contributed by atoms with Crippen LogP contribution in [-0.2, 0) is 35.2 Å². The van der Waals surface area contributed by atoms with Crippen LogP contribution in [0.1, 0.15) is 38.2 Å². The molecule has 40 heavy (non-hydrogen) atoms. The second-order valence-electron chi connectivity index (χ2n) is 9.86. The van der Waals surface area contributed by atoms with E-state index in [0.29, 0.717) is 25.8 Å². The molecule has 0 spiro atoms. The van der Waals surface area contributed by atoms with Gasteiger partial charge in [-0.1, -0.05) is 12.1 Å². The normalized spacial score (nSPS) is 21.0. The fraction of sp³-hybridized carbons (Fsp3) is 0.538. The maximum Gasteiger partial charge on any atom is 0.322 e. The molecule has 2 heterocycles. The highest BCUT2D eigenvalue weighted by molar-refractivity contribution is 5.95.